The zero-order valence-electron chi connectivity index (χ0n) is 16.0. The minimum absolute atomic E-state index is 0.0440. The highest BCUT2D eigenvalue weighted by atomic mass is 16.5. The molecule has 0 radical (unpaired) electrons. The van der Waals surface area contributed by atoms with E-state index in [1.165, 1.54) is 0 Å². The van der Waals surface area contributed by atoms with Crippen molar-refractivity contribution >= 4 is 5.91 Å². The first kappa shape index (κ1) is 19.8. The highest BCUT2D eigenvalue weighted by molar-refractivity contribution is 5.76. The van der Waals surface area contributed by atoms with Gasteiger partial charge in [-0.25, -0.2) is 0 Å². The fourth-order valence-corrected chi connectivity index (χ4v) is 2.83. The summed E-state index contributed by atoms with van der Waals surface area (Å²) < 4.78 is 10.5. The average molecular weight is 356 g/mol. The normalized spacial score (nSPS) is 11.9. The van der Waals surface area contributed by atoms with Crippen LogP contribution in [0.1, 0.15) is 23.6 Å². The lowest BCUT2D eigenvalue weighted by Gasteiger charge is -2.25. The van der Waals surface area contributed by atoms with Crippen LogP contribution < -0.4 is 14.8 Å². The van der Waals surface area contributed by atoms with Crippen LogP contribution in [0.3, 0.4) is 0 Å². The number of aryl methyl sites for hydroxylation is 1. The van der Waals surface area contributed by atoms with E-state index < -0.39 is 0 Å². The van der Waals surface area contributed by atoms with E-state index in [4.69, 9.17) is 9.47 Å². The molecule has 0 aliphatic carbocycles. The van der Waals surface area contributed by atoms with Crippen molar-refractivity contribution in [2.75, 3.05) is 34.9 Å². The summed E-state index contributed by atoms with van der Waals surface area (Å²) in [5, 5.41) is 3.05. The van der Waals surface area contributed by atoms with E-state index in [9.17, 15) is 4.79 Å². The number of likely N-dealkylation sites (N-methyl/N-ethyl adjacent to an activating group) is 1. The molecule has 26 heavy (non-hydrogen) atoms. The molecule has 0 fully saturated rings. The van der Waals surface area contributed by atoms with Crippen LogP contribution in [0.5, 0.6) is 11.5 Å². The molecular formula is C21H28N2O3. The number of amides is 1. The molecule has 0 aliphatic heterocycles. The molecule has 0 aliphatic rings. The molecule has 1 N–H and O–H groups in total. The molecule has 1 amide bonds. The van der Waals surface area contributed by atoms with E-state index in [1.54, 1.807) is 14.2 Å². The fraction of sp³-hybridized carbons (Fsp3) is 0.381. The van der Waals surface area contributed by atoms with E-state index in [-0.39, 0.29) is 11.9 Å². The van der Waals surface area contributed by atoms with Crippen molar-refractivity contribution in [1.82, 2.24) is 10.2 Å². The quantitative estimate of drug-likeness (QED) is 0.750. The van der Waals surface area contributed by atoms with Crippen LogP contribution in [-0.2, 0) is 11.2 Å². The molecule has 0 spiro atoms. The van der Waals surface area contributed by atoms with Crippen LogP contribution in [0, 0.1) is 0 Å². The Bertz CT molecular complexity index is 716. The zero-order chi connectivity index (χ0) is 18.9. The van der Waals surface area contributed by atoms with E-state index in [0.717, 1.165) is 22.6 Å². The minimum atomic E-state index is 0.0440. The Morgan fingerprint density at radius 2 is 1.69 bits per heavy atom. The molecule has 2 rings (SSSR count). The summed E-state index contributed by atoms with van der Waals surface area (Å²) >= 11 is 0. The molecule has 2 aromatic carbocycles. The van der Waals surface area contributed by atoms with Gasteiger partial charge in [-0.1, -0.05) is 24.3 Å². The van der Waals surface area contributed by atoms with Crippen molar-refractivity contribution in [2.45, 2.75) is 18.9 Å². The van der Waals surface area contributed by atoms with Crippen molar-refractivity contribution in [3.63, 3.8) is 0 Å². The van der Waals surface area contributed by atoms with Crippen LogP contribution in [0.25, 0.3) is 0 Å². The van der Waals surface area contributed by atoms with Gasteiger partial charge < -0.3 is 19.7 Å². The molecule has 1 unspecified atom stereocenters. The highest BCUT2D eigenvalue weighted by Crippen LogP contribution is 2.22. The monoisotopic (exact) mass is 356 g/mol. The van der Waals surface area contributed by atoms with Crippen molar-refractivity contribution < 1.29 is 14.3 Å². The van der Waals surface area contributed by atoms with Crippen LogP contribution >= 0.6 is 0 Å². The number of ether oxygens (including phenoxy) is 2. The van der Waals surface area contributed by atoms with E-state index in [1.807, 2.05) is 56.6 Å². The summed E-state index contributed by atoms with van der Waals surface area (Å²) in [6.07, 6.45) is 1.14. The van der Waals surface area contributed by atoms with Gasteiger partial charge in [0.1, 0.15) is 11.5 Å². The molecule has 140 valence electrons. The van der Waals surface area contributed by atoms with Crippen molar-refractivity contribution in [3.8, 4) is 11.5 Å². The molecule has 5 heteroatoms. The Morgan fingerprint density at radius 1 is 1.04 bits per heavy atom. The van der Waals surface area contributed by atoms with Crippen LogP contribution in [0.4, 0.5) is 0 Å². The van der Waals surface area contributed by atoms with Gasteiger partial charge in [-0.3, -0.25) is 4.79 Å². The molecule has 0 saturated heterocycles. The van der Waals surface area contributed by atoms with E-state index in [0.29, 0.717) is 19.4 Å². The second kappa shape index (κ2) is 9.82. The third-order valence-corrected chi connectivity index (χ3v) is 4.37. The third kappa shape index (κ3) is 5.77. The molecule has 5 nitrogen and oxygen atoms in total. The number of carbonyl (C=O) groups excluding carboxylic acids is 1. The summed E-state index contributed by atoms with van der Waals surface area (Å²) in [4.78, 5) is 14.4. The summed E-state index contributed by atoms with van der Waals surface area (Å²) in [5.41, 5.74) is 2.21. The first-order valence-corrected chi connectivity index (χ1v) is 8.73. The maximum atomic E-state index is 12.3. The summed E-state index contributed by atoms with van der Waals surface area (Å²) in [7, 11) is 7.31. The summed E-state index contributed by atoms with van der Waals surface area (Å²) in [6.45, 7) is 0.553. The van der Waals surface area contributed by atoms with Gasteiger partial charge in [0.2, 0.25) is 5.91 Å². The Labute approximate surface area is 155 Å². The number of carbonyl (C=O) groups is 1. The Morgan fingerprint density at radius 3 is 2.35 bits per heavy atom. The van der Waals surface area contributed by atoms with Crippen molar-refractivity contribution in [1.29, 1.82) is 0 Å². The predicted molar refractivity (Wildman–Crippen MR) is 104 cm³/mol. The first-order valence-electron chi connectivity index (χ1n) is 8.73. The van der Waals surface area contributed by atoms with Gasteiger partial charge in [-0.15, -0.1) is 0 Å². The molecule has 0 aromatic heterocycles. The number of hydrogen-bond donors (Lipinski definition) is 1. The molecule has 0 bridgehead atoms. The highest BCUT2D eigenvalue weighted by Gasteiger charge is 2.16. The Kier molecular flexibility index (Phi) is 7.48. The summed E-state index contributed by atoms with van der Waals surface area (Å²) in [6, 6.07) is 15.9. The number of rotatable bonds is 9. The maximum absolute atomic E-state index is 12.3. The van der Waals surface area contributed by atoms with Gasteiger partial charge in [-0.05, 0) is 55.9 Å². The van der Waals surface area contributed by atoms with Crippen LogP contribution in [0.15, 0.2) is 48.5 Å². The molecule has 0 saturated carbocycles. The lowest BCUT2D eigenvalue weighted by molar-refractivity contribution is -0.121. The molecule has 2 aromatic rings. The second-order valence-electron chi connectivity index (χ2n) is 6.41. The second-order valence-corrected chi connectivity index (χ2v) is 6.41. The average Bonchev–Trinajstić information content (AvgIpc) is 2.66. The van der Waals surface area contributed by atoms with Gasteiger partial charge >= 0.3 is 0 Å². The molecule has 1 atom stereocenters. The van der Waals surface area contributed by atoms with E-state index in [2.05, 4.69) is 16.3 Å². The predicted octanol–water partition coefficient (Wildman–Crippen LogP) is 3.06. The zero-order valence-corrected chi connectivity index (χ0v) is 16.0. The standard InChI is InChI=1S/C21H28N2O3/c1-23(2)20(17-8-6-10-19(14-17)26-4)15-22-21(24)12-11-16-7-5-9-18(13-16)25-3/h5-10,13-14,20H,11-12,15H2,1-4H3,(H,22,24). The number of nitrogens with zero attached hydrogens (tertiary/aromatic N) is 1. The molecular weight excluding hydrogens is 328 g/mol. The van der Waals surface area contributed by atoms with E-state index >= 15 is 0 Å². The number of benzene rings is 2. The summed E-state index contributed by atoms with van der Waals surface area (Å²) in [5.74, 6) is 1.68. The van der Waals surface area contributed by atoms with Gasteiger partial charge in [0, 0.05) is 13.0 Å². The molecule has 0 heterocycles. The topological polar surface area (TPSA) is 50.8 Å². The Balaban J connectivity index is 1.90. The number of methoxy groups -OCH3 is 2. The van der Waals surface area contributed by atoms with Gasteiger partial charge in [0.05, 0.1) is 20.3 Å². The Hall–Kier alpha value is -2.53. The third-order valence-electron chi connectivity index (χ3n) is 4.37. The first-order chi connectivity index (χ1) is 12.5. The van der Waals surface area contributed by atoms with Crippen LogP contribution in [-0.4, -0.2) is 45.7 Å². The lowest BCUT2D eigenvalue weighted by atomic mass is 10.1. The van der Waals surface area contributed by atoms with Crippen molar-refractivity contribution in [3.05, 3.63) is 59.7 Å². The minimum Gasteiger partial charge on any atom is -0.497 e. The van der Waals surface area contributed by atoms with Crippen LogP contribution in [0.2, 0.25) is 0 Å². The fourth-order valence-electron chi connectivity index (χ4n) is 2.83. The SMILES string of the molecule is COc1cccc(CCC(=O)NCC(c2cccc(OC)c2)N(C)C)c1. The maximum Gasteiger partial charge on any atom is 0.220 e. The largest absolute Gasteiger partial charge is 0.497 e. The van der Waals surface area contributed by atoms with Crippen molar-refractivity contribution in [2.24, 2.45) is 0 Å². The van der Waals surface area contributed by atoms with Gasteiger partial charge in [0.15, 0.2) is 0 Å². The van der Waals surface area contributed by atoms with Gasteiger partial charge in [0.25, 0.3) is 0 Å². The number of nitrogens with one attached hydrogen (secondary N) is 1. The van der Waals surface area contributed by atoms with Gasteiger partial charge in [-0.2, -0.15) is 0 Å². The lowest BCUT2D eigenvalue weighted by Crippen LogP contribution is -2.34. The smallest absolute Gasteiger partial charge is 0.220 e. The number of hydrogen-bond acceptors (Lipinski definition) is 4.